The smallest absolute Gasteiger partial charge is 0.0396 e. The van der Waals surface area contributed by atoms with Crippen LogP contribution < -0.4 is 0 Å². The van der Waals surface area contributed by atoms with Gasteiger partial charge in [-0.15, -0.1) is 0 Å². The van der Waals surface area contributed by atoms with Crippen LogP contribution in [0.2, 0.25) is 0 Å². The summed E-state index contributed by atoms with van der Waals surface area (Å²) in [5.74, 6) is 0. The molecule has 1 atom stereocenters. The summed E-state index contributed by atoms with van der Waals surface area (Å²) in [5, 5.41) is 0. The zero-order valence-electron chi connectivity index (χ0n) is 5.27. The van der Waals surface area contributed by atoms with E-state index in [2.05, 4.69) is 19.9 Å². The maximum Gasteiger partial charge on any atom is 0.0396 e. The molecule has 0 aliphatic carbocycles. The van der Waals surface area contributed by atoms with E-state index in [0.29, 0.717) is 0 Å². The molecule has 0 aliphatic heterocycles. The molecule has 0 bridgehead atoms. The molecule has 0 amide bonds. The van der Waals surface area contributed by atoms with Gasteiger partial charge in [0.15, 0.2) is 0 Å². The first-order chi connectivity index (χ1) is 3.12. The third-order valence-electron chi connectivity index (χ3n) is 1.11. The Labute approximate surface area is 45.7 Å². The van der Waals surface area contributed by atoms with Crippen molar-refractivity contribution in [1.29, 1.82) is 0 Å². The Bertz CT molecular complexity index is 80.1. The molecule has 0 saturated carbocycles. The molecule has 0 aliphatic rings. The van der Waals surface area contributed by atoms with Gasteiger partial charge in [-0.2, -0.15) is 0 Å². The zero-order chi connectivity index (χ0) is 5.91. The molecule has 7 heavy (non-hydrogen) atoms. The first kappa shape index (κ1) is 7.26. The lowest BCUT2D eigenvalue weighted by molar-refractivity contribution is 0.462. The largest absolute Gasteiger partial charge is 0.365 e. The van der Waals surface area contributed by atoms with Gasteiger partial charge in [0, 0.05) is 7.11 Å². The molecule has 0 saturated heterocycles. The van der Waals surface area contributed by atoms with Crippen molar-refractivity contribution < 1.29 is 4.52 Å². The molecule has 2 heteroatoms. The van der Waals surface area contributed by atoms with Crippen molar-refractivity contribution in [1.82, 2.24) is 0 Å². The Balaban J connectivity index is 3.61. The molecular weight excluding hydrogens is 107 g/mol. The van der Waals surface area contributed by atoms with Gasteiger partial charge in [0.25, 0.3) is 0 Å². The van der Waals surface area contributed by atoms with Gasteiger partial charge in [-0.1, -0.05) is 13.2 Å². The monoisotopic (exact) mass is 120 g/mol. The first-order valence-corrected chi connectivity index (χ1v) is 4.90. The quantitative estimate of drug-likeness (QED) is 0.503. The Hall–Kier alpha value is 0.260. The molecule has 0 heterocycles. The van der Waals surface area contributed by atoms with E-state index in [0.717, 1.165) is 6.16 Å². The molecule has 0 radical (unpaired) electrons. The topological polar surface area (TPSA) is 9.23 Å². The highest BCUT2D eigenvalue weighted by molar-refractivity contribution is 7.68. The summed E-state index contributed by atoms with van der Waals surface area (Å²) < 4.78 is 5.09. The first-order valence-electron chi connectivity index (χ1n) is 2.38. The molecule has 0 N–H and O–H groups in total. The number of hydrogen-bond acceptors (Lipinski definition) is 1. The average Bonchev–Trinajstić information content (AvgIpc) is 1.68. The third kappa shape index (κ3) is 2.90. The van der Waals surface area contributed by atoms with Crippen LogP contribution in [-0.2, 0) is 4.52 Å². The van der Waals surface area contributed by atoms with Gasteiger partial charge >= 0.3 is 0 Å². The molecule has 0 rings (SSSR count). The summed E-state index contributed by atoms with van der Waals surface area (Å²) in [4.78, 5) is 0. The maximum atomic E-state index is 5.09. The Morgan fingerprint density at radius 2 is 2.14 bits per heavy atom. The van der Waals surface area contributed by atoms with Crippen molar-refractivity contribution in [2.45, 2.75) is 6.92 Å². The molecule has 44 valence electrons. The third-order valence-corrected chi connectivity index (χ3v) is 3.33. The van der Waals surface area contributed by atoms with Crippen molar-refractivity contribution in [3.63, 3.8) is 0 Å². The summed E-state index contributed by atoms with van der Waals surface area (Å²) in [6, 6.07) is 0. The minimum Gasteiger partial charge on any atom is -0.365 e. The average molecular weight is 120 g/mol. The van der Waals surface area contributed by atoms with Crippen molar-refractivity contribution in [3.05, 3.63) is 0 Å². The summed E-state index contributed by atoms with van der Waals surface area (Å²) in [6.45, 7) is 4.18. The van der Waals surface area contributed by atoms with E-state index in [-0.39, 0.29) is 0 Å². The van der Waals surface area contributed by atoms with Crippen LogP contribution in [-0.4, -0.2) is 26.2 Å². The minimum atomic E-state index is -1.15. The van der Waals surface area contributed by atoms with E-state index in [1.807, 2.05) is 0 Å². The van der Waals surface area contributed by atoms with Crippen LogP contribution in [0.15, 0.2) is 0 Å². The van der Waals surface area contributed by atoms with Crippen LogP contribution in [0.5, 0.6) is 0 Å². The Kier molecular flexibility index (Phi) is 2.63. The van der Waals surface area contributed by atoms with Crippen LogP contribution in [0.4, 0.5) is 0 Å². The van der Waals surface area contributed by atoms with Gasteiger partial charge in [-0.3, -0.25) is 0 Å². The Morgan fingerprint density at radius 3 is 2.14 bits per heavy atom. The van der Waals surface area contributed by atoms with Crippen LogP contribution in [0.1, 0.15) is 6.92 Å². The second-order valence-electron chi connectivity index (χ2n) is 1.80. The second-order valence-corrected chi connectivity index (χ2v) is 5.39. The van der Waals surface area contributed by atoms with Gasteiger partial charge in [0.2, 0.25) is 0 Å². The number of rotatable bonds is 2. The Morgan fingerprint density at radius 1 is 1.71 bits per heavy atom. The molecule has 0 aromatic heterocycles. The molecule has 0 spiro atoms. The van der Waals surface area contributed by atoms with Gasteiger partial charge in [0.1, 0.15) is 0 Å². The van der Waals surface area contributed by atoms with Gasteiger partial charge in [-0.05, 0) is 19.9 Å². The highest BCUT2D eigenvalue weighted by atomic mass is 31.2. The summed E-state index contributed by atoms with van der Waals surface area (Å²) in [6.07, 6.45) is 4.97. The van der Waals surface area contributed by atoms with Crippen molar-refractivity contribution in [2.75, 3.05) is 19.9 Å². The lowest BCUT2D eigenvalue weighted by atomic mass is 11.0. The van der Waals surface area contributed by atoms with E-state index >= 15 is 0 Å². The van der Waals surface area contributed by atoms with E-state index in [1.54, 1.807) is 7.11 Å². The fraction of sp³-hybridized carbons (Fsp3) is 0.800. The molecular formula is C5H13OP. The van der Waals surface area contributed by atoms with E-state index in [1.165, 1.54) is 0 Å². The van der Waals surface area contributed by atoms with Gasteiger partial charge in [0.05, 0.1) is 0 Å². The summed E-state index contributed by atoms with van der Waals surface area (Å²) in [7, 11) is 0.572. The van der Waals surface area contributed by atoms with Gasteiger partial charge in [-0.25, -0.2) is 0 Å². The molecule has 1 nitrogen and oxygen atoms in total. The fourth-order valence-electron chi connectivity index (χ4n) is 0.129. The summed E-state index contributed by atoms with van der Waals surface area (Å²) in [5.41, 5.74) is 0. The summed E-state index contributed by atoms with van der Waals surface area (Å²) >= 11 is 0. The maximum absolute atomic E-state index is 5.09. The standard InChI is InChI=1S/C5H13OP/c1-5-7(3,4)6-2/h3,5H2,1-2,4H3. The van der Waals surface area contributed by atoms with E-state index < -0.39 is 7.11 Å². The predicted molar refractivity (Wildman–Crippen MR) is 37.5 cm³/mol. The zero-order valence-corrected chi connectivity index (χ0v) is 6.16. The van der Waals surface area contributed by atoms with Crippen molar-refractivity contribution in [2.24, 2.45) is 0 Å². The predicted octanol–water partition coefficient (Wildman–Crippen LogP) is 1.65. The SMILES string of the molecule is C=P(C)(CC)OC. The normalized spacial score (nSPS) is 18.7. The molecule has 0 aromatic carbocycles. The van der Waals surface area contributed by atoms with Crippen molar-refractivity contribution >= 4 is 13.4 Å². The lowest BCUT2D eigenvalue weighted by Crippen LogP contribution is -1.83. The highest BCUT2D eigenvalue weighted by Gasteiger charge is 1.97. The lowest BCUT2D eigenvalue weighted by Gasteiger charge is -2.12. The van der Waals surface area contributed by atoms with Gasteiger partial charge < -0.3 is 4.52 Å². The van der Waals surface area contributed by atoms with Crippen LogP contribution in [0, 0.1) is 0 Å². The molecule has 0 fully saturated rings. The minimum absolute atomic E-state index is 1.07. The van der Waals surface area contributed by atoms with E-state index in [9.17, 15) is 0 Å². The van der Waals surface area contributed by atoms with Crippen molar-refractivity contribution in [3.8, 4) is 0 Å². The fourth-order valence-corrected chi connectivity index (χ4v) is 0.387. The second kappa shape index (κ2) is 2.54. The van der Waals surface area contributed by atoms with Crippen LogP contribution in [0.3, 0.4) is 0 Å². The van der Waals surface area contributed by atoms with Crippen LogP contribution in [0.25, 0.3) is 0 Å². The molecule has 1 unspecified atom stereocenters. The number of hydrogen-bond donors (Lipinski definition) is 0. The van der Waals surface area contributed by atoms with E-state index in [4.69, 9.17) is 4.52 Å². The van der Waals surface area contributed by atoms with Crippen LogP contribution >= 0.6 is 7.11 Å². The highest BCUT2D eigenvalue weighted by Crippen LogP contribution is 2.39. The molecule has 0 aromatic rings.